The molecule has 0 saturated heterocycles. The molecule has 3 heteroatoms. The van der Waals surface area contributed by atoms with Crippen LogP contribution in [0.1, 0.15) is 11.1 Å². The van der Waals surface area contributed by atoms with Gasteiger partial charge in [-0.2, -0.15) is 0 Å². The number of nitrogen functional groups attached to an aromatic ring is 1. The molecule has 3 N–H and O–H groups in total. The van der Waals surface area contributed by atoms with Crippen molar-refractivity contribution < 1.29 is 0 Å². The molecule has 12 heavy (non-hydrogen) atoms. The zero-order valence-electron chi connectivity index (χ0n) is 7.22. The van der Waals surface area contributed by atoms with Crippen LogP contribution in [0.2, 0.25) is 0 Å². The lowest BCUT2D eigenvalue weighted by atomic mass is 10.1. The summed E-state index contributed by atoms with van der Waals surface area (Å²) in [4.78, 5) is 1.05. The molecule has 0 radical (unpaired) electrons. The van der Waals surface area contributed by atoms with Gasteiger partial charge in [-0.15, -0.1) is 11.8 Å². The quantitative estimate of drug-likeness (QED) is 0.417. The minimum atomic E-state index is 0.711. The number of rotatable bonds is 2. The summed E-state index contributed by atoms with van der Waals surface area (Å²) in [7, 11) is 0. The molecule has 1 aromatic rings. The van der Waals surface area contributed by atoms with Crippen molar-refractivity contribution in [3.63, 3.8) is 0 Å². The molecule has 0 spiro atoms. The summed E-state index contributed by atoms with van der Waals surface area (Å²) < 4.78 is 0. The van der Waals surface area contributed by atoms with Gasteiger partial charge in [-0.25, -0.2) is 0 Å². The molecule has 0 amide bonds. The first-order valence-corrected chi connectivity index (χ1v) is 4.86. The second kappa shape index (κ2) is 3.63. The highest BCUT2D eigenvalue weighted by atomic mass is 32.2. The van der Waals surface area contributed by atoms with Crippen molar-refractivity contribution in [1.82, 2.24) is 0 Å². The molecule has 1 aromatic carbocycles. The molecule has 0 aliphatic rings. The van der Waals surface area contributed by atoms with Gasteiger partial charge in [0.15, 0.2) is 0 Å². The van der Waals surface area contributed by atoms with Crippen molar-refractivity contribution in [3.05, 3.63) is 23.3 Å². The number of thioether (sulfide) groups is 1. The summed E-state index contributed by atoms with van der Waals surface area (Å²) in [5, 5.41) is 7.14. The molecule has 0 atom stereocenters. The Kier molecular flexibility index (Phi) is 2.76. The fourth-order valence-electron chi connectivity index (χ4n) is 1.08. The summed E-state index contributed by atoms with van der Waals surface area (Å²) in [5.41, 5.74) is 8.46. The molecule has 0 aromatic heterocycles. The Labute approximate surface area is 76.7 Å². The number of anilines is 1. The SMILES string of the molecule is CSc1cc(C)cc(C=N)c1N. The highest BCUT2D eigenvalue weighted by Gasteiger charge is 2.02. The van der Waals surface area contributed by atoms with E-state index in [4.69, 9.17) is 11.1 Å². The maximum Gasteiger partial charge on any atom is 0.0541 e. The van der Waals surface area contributed by atoms with Crippen molar-refractivity contribution in [2.24, 2.45) is 0 Å². The third-order valence-electron chi connectivity index (χ3n) is 1.69. The maximum atomic E-state index is 7.14. The van der Waals surface area contributed by atoms with Gasteiger partial charge in [-0.3, -0.25) is 0 Å². The predicted molar refractivity (Wildman–Crippen MR) is 55.3 cm³/mol. The summed E-state index contributed by atoms with van der Waals surface area (Å²) in [6.07, 6.45) is 3.28. The Hall–Kier alpha value is -0.960. The molecule has 0 bridgehead atoms. The van der Waals surface area contributed by atoms with Crippen molar-refractivity contribution in [2.75, 3.05) is 12.0 Å². The molecule has 0 aliphatic carbocycles. The van der Waals surface area contributed by atoms with Gasteiger partial charge < -0.3 is 11.1 Å². The number of aryl methyl sites for hydroxylation is 1. The van der Waals surface area contributed by atoms with Crippen molar-refractivity contribution in [3.8, 4) is 0 Å². The van der Waals surface area contributed by atoms with Crippen LogP contribution in [0.4, 0.5) is 5.69 Å². The van der Waals surface area contributed by atoms with E-state index in [2.05, 4.69) is 0 Å². The molecule has 2 nitrogen and oxygen atoms in total. The van der Waals surface area contributed by atoms with E-state index in [1.807, 2.05) is 25.3 Å². The fourth-order valence-corrected chi connectivity index (χ4v) is 1.72. The van der Waals surface area contributed by atoms with Gasteiger partial charge in [0.1, 0.15) is 0 Å². The van der Waals surface area contributed by atoms with Crippen LogP contribution >= 0.6 is 11.8 Å². The number of nitrogens with one attached hydrogen (secondary N) is 1. The lowest BCUT2D eigenvalue weighted by Gasteiger charge is -2.06. The first-order chi connectivity index (χ1) is 5.69. The molecular weight excluding hydrogens is 168 g/mol. The average molecular weight is 180 g/mol. The second-order valence-electron chi connectivity index (χ2n) is 2.61. The summed E-state index contributed by atoms with van der Waals surface area (Å²) >= 11 is 1.61. The van der Waals surface area contributed by atoms with Gasteiger partial charge in [0.2, 0.25) is 0 Å². The number of nitrogens with two attached hydrogens (primary N) is 1. The minimum Gasteiger partial charge on any atom is -0.397 e. The normalized spacial score (nSPS) is 9.83. The van der Waals surface area contributed by atoms with E-state index in [-0.39, 0.29) is 0 Å². The topological polar surface area (TPSA) is 49.9 Å². The first kappa shape index (κ1) is 9.13. The third-order valence-corrected chi connectivity index (χ3v) is 2.47. The molecular formula is C9H12N2S. The molecule has 64 valence electrons. The average Bonchev–Trinajstić information content (AvgIpc) is 2.08. The second-order valence-corrected chi connectivity index (χ2v) is 3.46. The standard InChI is InChI=1S/C9H12N2S/c1-6-3-7(5-10)9(11)8(4-6)12-2/h3-5,10H,11H2,1-2H3. The lowest BCUT2D eigenvalue weighted by molar-refractivity contribution is 1.35. The van der Waals surface area contributed by atoms with E-state index in [0.29, 0.717) is 5.69 Å². The molecule has 0 fully saturated rings. The largest absolute Gasteiger partial charge is 0.397 e. The van der Waals surface area contributed by atoms with Gasteiger partial charge in [-0.1, -0.05) is 0 Å². The third kappa shape index (κ3) is 1.61. The smallest absolute Gasteiger partial charge is 0.0541 e. The van der Waals surface area contributed by atoms with Crippen LogP contribution in [0.3, 0.4) is 0 Å². The van der Waals surface area contributed by atoms with E-state index < -0.39 is 0 Å². The lowest BCUT2D eigenvalue weighted by Crippen LogP contribution is -1.96. The fraction of sp³-hybridized carbons (Fsp3) is 0.222. The van der Waals surface area contributed by atoms with Crippen LogP contribution in [0, 0.1) is 12.3 Å². The van der Waals surface area contributed by atoms with Crippen molar-refractivity contribution in [1.29, 1.82) is 5.41 Å². The Morgan fingerprint density at radius 3 is 2.67 bits per heavy atom. The summed E-state index contributed by atoms with van der Waals surface area (Å²) in [5.74, 6) is 0. The number of benzene rings is 1. The van der Waals surface area contributed by atoms with Crippen LogP contribution < -0.4 is 5.73 Å². The Morgan fingerprint density at radius 2 is 2.17 bits per heavy atom. The zero-order valence-corrected chi connectivity index (χ0v) is 8.03. The van der Waals surface area contributed by atoms with Crippen LogP contribution in [0.5, 0.6) is 0 Å². The van der Waals surface area contributed by atoms with Gasteiger partial charge in [-0.05, 0) is 30.9 Å². The van der Waals surface area contributed by atoms with E-state index in [0.717, 1.165) is 16.0 Å². The first-order valence-electron chi connectivity index (χ1n) is 3.63. The van der Waals surface area contributed by atoms with Crippen molar-refractivity contribution >= 4 is 23.7 Å². The van der Waals surface area contributed by atoms with E-state index in [1.165, 1.54) is 6.21 Å². The van der Waals surface area contributed by atoms with Gasteiger partial charge in [0, 0.05) is 16.7 Å². The van der Waals surface area contributed by atoms with E-state index >= 15 is 0 Å². The van der Waals surface area contributed by atoms with Crippen LogP contribution in [-0.2, 0) is 0 Å². The van der Waals surface area contributed by atoms with E-state index in [1.54, 1.807) is 11.8 Å². The van der Waals surface area contributed by atoms with E-state index in [9.17, 15) is 0 Å². The summed E-state index contributed by atoms with van der Waals surface area (Å²) in [6.45, 7) is 2.01. The Balaban J connectivity index is 3.31. The minimum absolute atomic E-state index is 0.711. The monoisotopic (exact) mass is 180 g/mol. The van der Waals surface area contributed by atoms with Gasteiger partial charge in [0.25, 0.3) is 0 Å². The number of hydrogen-bond acceptors (Lipinski definition) is 3. The molecule has 0 unspecified atom stereocenters. The highest BCUT2D eigenvalue weighted by molar-refractivity contribution is 7.98. The Morgan fingerprint density at radius 1 is 1.50 bits per heavy atom. The van der Waals surface area contributed by atoms with Gasteiger partial charge >= 0.3 is 0 Å². The van der Waals surface area contributed by atoms with Crippen molar-refractivity contribution in [2.45, 2.75) is 11.8 Å². The predicted octanol–water partition coefficient (Wildman–Crippen LogP) is 2.30. The highest BCUT2D eigenvalue weighted by Crippen LogP contribution is 2.26. The Bertz CT molecular complexity index is 308. The van der Waals surface area contributed by atoms with Crippen LogP contribution in [-0.4, -0.2) is 12.5 Å². The van der Waals surface area contributed by atoms with Crippen LogP contribution in [0.25, 0.3) is 0 Å². The summed E-state index contributed by atoms with van der Waals surface area (Å²) in [6, 6.07) is 3.95. The molecule has 0 saturated carbocycles. The zero-order chi connectivity index (χ0) is 9.14. The maximum absolute atomic E-state index is 7.14. The van der Waals surface area contributed by atoms with Crippen LogP contribution in [0.15, 0.2) is 17.0 Å². The molecule has 1 rings (SSSR count). The molecule has 0 heterocycles. The van der Waals surface area contributed by atoms with Gasteiger partial charge in [0.05, 0.1) is 5.69 Å². The molecule has 0 aliphatic heterocycles. The number of hydrogen-bond donors (Lipinski definition) is 2.